The first kappa shape index (κ1) is 22.5. The van der Waals surface area contributed by atoms with Crippen LogP contribution in [0.3, 0.4) is 0 Å². The number of rotatable bonds is 10. The molecule has 3 aromatic heterocycles. The molecule has 1 atom stereocenters. The number of hydrogen-bond donors (Lipinski definition) is 2. The van der Waals surface area contributed by atoms with Gasteiger partial charge in [-0.1, -0.05) is 12.8 Å². The van der Waals surface area contributed by atoms with Gasteiger partial charge in [-0.2, -0.15) is 0 Å². The number of ketones is 1. The van der Waals surface area contributed by atoms with Gasteiger partial charge in [0.1, 0.15) is 17.8 Å². The number of aromatic nitrogens is 4. The van der Waals surface area contributed by atoms with Crippen LogP contribution in [0.25, 0.3) is 22.2 Å². The molecule has 0 saturated heterocycles. The average Bonchev–Trinajstić information content (AvgIpc) is 3.53. The fourth-order valence-corrected chi connectivity index (χ4v) is 3.87. The quantitative estimate of drug-likeness (QED) is 0.278. The highest BCUT2D eigenvalue weighted by molar-refractivity contribution is 5.91. The van der Waals surface area contributed by atoms with Crippen molar-refractivity contribution >= 4 is 16.7 Å². The Balaban J connectivity index is 1.39. The van der Waals surface area contributed by atoms with Crippen molar-refractivity contribution < 1.29 is 13.9 Å². The number of hydrogen-bond acceptors (Lipinski definition) is 7. The first-order chi connectivity index (χ1) is 16.0. The van der Waals surface area contributed by atoms with Crippen LogP contribution in [-0.4, -0.2) is 32.4 Å². The van der Waals surface area contributed by atoms with Crippen LogP contribution in [0.4, 0.5) is 0 Å². The highest BCUT2D eigenvalue weighted by atomic mass is 16.5. The van der Waals surface area contributed by atoms with Crippen LogP contribution < -0.4 is 16.0 Å². The van der Waals surface area contributed by atoms with Gasteiger partial charge in [0.15, 0.2) is 0 Å². The summed E-state index contributed by atoms with van der Waals surface area (Å²) in [4.78, 5) is 35.5. The van der Waals surface area contributed by atoms with Crippen molar-refractivity contribution in [3.8, 4) is 17.0 Å². The van der Waals surface area contributed by atoms with E-state index in [-0.39, 0.29) is 23.3 Å². The molecule has 33 heavy (non-hydrogen) atoms. The van der Waals surface area contributed by atoms with Crippen LogP contribution in [0.2, 0.25) is 0 Å². The van der Waals surface area contributed by atoms with E-state index in [1.165, 1.54) is 12.5 Å². The van der Waals surface area contributed by atoms with E-state index in [0.717, 1.165) is 47.8 Å². The molecule has 0 aliphatic carbocycles. The monoisotopic (exact) mass is 449 g/mol. The highest BCUT2D eigenvalue weighted by Gasteiger charge is 2.16. The van der Waals surface area contributed by atoms with Crippen molar-refractivity contribution in [2.75, 3.05) is 7.11 Å². The van der Waals surface area contributed by atoms with Gasteiger partial charge in [-0.25, -0.2) is 9.97 Å². The van der Waals surface area contributed by atoms with E-state index in [1.54, 1.807) is 37.1 Å². The SMILES string of the molecule is COc1cc2c(ccc(=O)n2C)cc1-c1cnc([C@@H](N)CCCCCC(=O)c2ncco2)[nH]1. The van der Waals surface area contributed by atoms with E-state index in [4.69, 9.17) is 14.9 Å². The molecule has 9 nitrogen and oxygen atoms in total. The van der Waals surface area contributed by atoms with Gasteiger partial charge in [0, 0.05) is 31.2 Å². The minimum atomic E-state index is -0.242. The Hall–Kier alpha value is -3.72. The van der Waals surface area contributed by atoms with Crippen LogP contribution in [0.1, 0.15) is 54.7 Å². The van der Waals surface area contributed by atoms with Gasteiger partial charge in [-0.3, -0.25) is 9.59 Å². The lowest BCUT2D eigenvalue weighted by Gasteiger charge is -2.12. The maximum absolute atomic E-state index is 11.9. The number of H-pyrrole nitrogens is 1. The zero-order valence-corrected chi connectivity index (χ0v) is 18.7. The fraction of sp³-hybridized carbons (Fsp3) is 0.333. The number of nitrogens with two attached hydrogens (primary N) is 1. The van der Waals surface area contributed by atoms with Crippen molar-refractivity contribution in [1.29, 1.82) is 0 Å². The number of ether oxygens (including phenoxy) is 1. The standard InChI is InChI=1S/C24H27N5O4/c1-29-19-13-21(32-2)16(12-15(19)8-9-22(29)31)18-14-27-23(28-18)17(25)6-4-3-5-7-20(30)24-26-10-11-33-24/h8-14,17H,3-7,25H2,1-2H3,(H,27,28)/t17-/m0/s1. The number of oxazole rings is 1. The normalized spacial score (nSPS) is 12.2. The second kappa shape index (κ2) is 9.83. The van der Waals surface area contributed by atoms with Gasteiger partial charge in [0.05, 0.1) is 36.8 Å². The summed E-state index contributed by atoms with van der Waals surface area (Å²) in [5.41, 5.74) is 8.71. The van der Waals surface area contributed by atoms with E-state index in [2.05, 4.69) is 15.0 Å². The zero-order valence-electron chi connectivity index (χ0n) is 18.7. The number of fused-ring (bicyclic) bond motifs is 1. The average molecular weight is 450 g/mol. The van der Waals surface area contributed by atoms with Gasteiger partial charge >= 0.3 is 0 Å². The van der Waals surface area contributed by atoms with Crippen LogP contribution >= 0.6 is 0 Å². The Kier molecular flexibility index (Phi) is 6.69. The number of benzene rings is 1. The molecule has 9 heteroatoms. The lowest BCUT2D eigenvalue weighted by atomic mass is 10.1. The number of unbranched alkanes of at least 4 members (excludes halogenated alkanes) is 2. The lowest BCUT2D eigenvalue weighted by molar-refractivity contribution is 0.0945. The summed E-state index contributed by atoms with van der Waals surface area (Å²) in [5.74, 6) is 1.43. The maximum Gasteiger partial charge on any atom is 0.263 e. The fourth-order valence-electron chi connectivity index (χ4n) is 3.87. The minimum Gasteiger partial charge on any atom is -0.496 e. The molecular weight excluding hydrogens is 422 g/mol. The van der Waals surface area contributed by atoms with E-state index in [0.29, 0.717) is 18.0 Å². The van der Waals surface area contributed by atoms with Crippen molar-refractivity contribution in [2.24, 2.45) is 12.8 Å². The van der Waals surface area contributed by atoms with E-state index in [9.17, 15) is 9.59 Å². The molecule has 0 fully saturated rings. The summed E-state index contributed by atoms with van der Waals surface area (Å²) >= 11 is 0. The summed E-state index contributed by atoms with van der Waals surface area (Å²) in [6, 6.07) is 6.93. The molecule has 0 radical (unpaired) electrons. The van der Waals surface area contributed by atoms with Gasteiger partial charge in [0.25, 0.3) is 11.4 Å². The largest absolute Gasteiger partial charge is 0.496 e. The topological polar surface area (TPSA) is 129 Å². The first-order valence-corrected chi connectivity index (χ1v) is 10.9. The Labute approximate surface area is 190 Å². The van der Waals surface area contributed by atoms with Crippen LogP contribution in [0.15, 0.2) is 52.1 Å². The molecule has 4 aromatic rings. The predicted octanol–water partition coefficient (Wildman–Crippen LogP) is 3.76. The zero-order chi connectivity index (χ0) is 23.4. The number of nitrogens with one attached hydrogen (secondary N) is 1. The molecule has 0 amide bonds. The summed E-state index contributed by atoms with van der Waals surface area (Å²) in [6.07, 6.45) is 8.29. The summed E-state index contributed by atoms with van der Waals surface area (Å²) in [6.45, 7) is 0. The summed E-state index contributed by atoms with van der Waals surface area (Å²) in [5, 5.41) is 0.924. The number of aromatic amines is 1. The van der Waals surface area contributed by atoms with Gasteiger partial charge in [0.2, 0.25) is 5.78 Å². The number of Topliss-reactive ketones (excluding diaryl/α,β-unsaturated/α-hetero) is 1. The molecule has 0 bridgehead atoms. The van der Waals surface area contributed by atoms with Crippen molar-refractivity contribution in [2.45, 2.75) is 38.1 Å². The maximum atomic E-state index is 11.9. The summed E-state index contributed by atoms with van der Waals surface area (Å²) in [7, 11) is 3.34. The Morgan fingerprint density at radius 1 is 1.24 bits per heavy atom. The second-order valence-corrected chi connectivity index (χ2v) is 7.99. The number of pyridine rings is 1. The molecule has 0 aliphatic heterocycles. The Morgan fingerprint density at radius 2 is 2.09 bits per heavy atom. The van der Waals surface area contributed by atoms with E-state index >= 15 is 0 Å². The van der Waals surface area contributed by atoms with Crippen molar-refractivity contribution in [3.63, 3.8) is 0 Å². The third kappa shape index (κ3) is 4.88. The number of carbonyl (C=O) groups excluding carboxylic acids is 1. The van der Waals surface area contributed by atoms with Gasteiger partial charge in [-0.15, -0.1) is 0 Å². The predicted molar refractivity (Wildman–Crippen MR) is 124 cm³/mol. The lowest BCUT2D eigenvalue weighted by Crippen LogP contribution is -2.15. The second-order valence-electron chi connectivity index (χ2n) is 7.99. The first-order valence-electron chi connectivity index (χ1n) is 10.9. The van der Waals surface area contributed by atoms with Gasteiger partial charge in [-0.05, 0) is 30.4 Å². The van der Waals surface area contributed by atoms with E-state index < -0.39 is 0 Å². The molecule has 4 rings (SSSR count). The van der Waals surface area contributed by atoms with Crippen LogP contribution in [-0.2, 0) is 7.05 Å². The van der Waals surface area contributed by atoms with Crippen LogP contribution in [0, 0.1) is 0 Å². The Bertz CT molecular complexity index is 1310. The number of methoxy groups -OCH3 is 1. The molecular formula is C24H27N5O4. The van der Waals surface area contributed by atoms with Crippen molar-refractivity contribution in [1.82, 2.24) is 19.5 Å². The number of carbonyl (C=O) groups is 1. The van der Waals surface area contributed by atoms with Gasteiger partial charge < -0.3 is 24.4 Å². The Morgan fingerprint density at radius 3 is 2.85 bits per heavy atom. The molecule has 3 N–H and O–H groups in total. The minimum absolute atomic E-state index is 0.0749. The number of nitrogens with zero attached hydrogens (tertiary/aromatic N) is 3. The molecule has 0 spiro atoms. The van der Waals surface area contributed by atoms with E-state index in [1.807, 2.05) is 12.1 Å². The highest BCUT2D eigenvalue weighted by Crippen LogP contribution is 2.33. The third-order valence-electron chi connectivity index (χ3n) is 5.77. The molecule has 172 valence electrons. The molecule has 3 heterocycles. The molecule has 1 aromatic carbocycles. The number of imidazole rings is 1. The molecule has 0 unspecified atom stereocenters. The van der Waals surface area contributed by atoms with Crippen LogP contribution in [0.5, 0.6) is 5.75 Å². The smallest absolute Gasteiger partial charge is 0.263 e. The van der Waals surface area contributed by atoms with Crippen molar-refractivity contribution in [3.05, 3.63) is 65.0 Å². The summed E-state index contributed by atoms with van der Waals surface area (Å²) < 4.78 is 12.2. The number of aryl methyl sites for hydroxylation is 1. The molecule has 0 aliphatic rings. The third-order valence-corrected chi connectivity index (χ3v) is 5.77. The molecule has 0 saturated carbocycles.